The van der Waals surface area contributed by atoms with Crippen molar-refractivity contribution in [1.82, 2.24) is 15.0 Å². The molecule has 0 saturated heterocycles. The van der Waals surface area contributed by atoms with Gasteiger partial charge >= 0.3 is 5.97 Å². The highest BCUT2D eigenvalue weighted by Crippen LogP contribution is 2.13. The Morgan fingerprint density at radius 1 is 1.58 bits per heavy atom. The van der Waals surface area contributed by atoms with Gasteiger partial charge in [-0.25, -0.2) is 9.48 Å². The van der Waals surface area contributed by atoms with E-state index in [-0.39, 0.29) is 11.6 Å². The number of hydrogen-bond acceptors (Lipinski definition) is 5. The SMILES string of the molecule is CCOC(=O)c1nnn(CCc2ccsc2)c1CCl. The molecule has 0 aliphatic heterocycles. The number of thiophene rings is 1. The Morgan fingerprint density at radius 2 is 2.42 bits per heavy atom. The number of rotatable bonds is 6. The monoisotopic (exact) mass is 299 g/mol. The van der Waals surface area contributed by atoms with Crippen LogP contribution in [0.15, 0.2) is 16.8 Å². The lowest BCUT2D eigenvalue weighted by Gasteiger charge is -2.04. The summed E-state index contributed by atoms with van der Waals surface area (Å²) in [5.74, 6) is -0.287. The summed E-state index contributed by atoms with van der Waals surface area (Å²) >= 11 is 7.53. The van der Waals surface area contributed by atoms with Crippen LogP contribution in [-0.2, 0) is 23.6 Å². The third-order valence-corrected chi connectivity index (χ3v) is 3.61. The second-order valence-corrected chi connectivity index (χ2v) is 4.89. The number of carbonyl (C=O) groups excluding carboxylic acids is 1. The summed E-state index contributed by atoms with van der Waals surface area (Å²) in [6.07, 6.45) is 0.832. The molecule has 19 heavy (non-hydrogen) atoms. The topological polar surface area (TPSA) is 57.0 Å². The van der Waals surface area contributed by atoms with E-state index in [2.05, 4.69) is 21.8 Å². The van der Waals surface area contributed by atoms with Gasteiger partial charge in [-0.05, 0) is 35.7 Å². The van der Waals surface area contributed by atoms with E-state index >= 15 is 0 Å². The number of halogens is 1. The van der Waals surface area contributed by atoms with E-state index in [0.717, 1.165) is 6.42 Å². The lowest BCUT2D eigenvalue weighted by Crippen LogP contribution is -2.11. The summed E-state index contributed by atoms with van der Waals surface area (Å²) in [4.78, 5) is 11.7. The first kappa shape index (κ1) is 14.0. The molecule has 2 heterocycles. The molecule has 2 rings (SSSR count). The van der Waals surface area contributed by atoms with Crippen molar-refractivity contribution in [2.45, 2.75) is 25.8 Å². The van der Waals surface area contributed by atoms with Crippen molar-refractivity contribution < 1.29 is 9.53 Å². The molecule has 2 aromatic heterocycles. The quantitative estimate of drug-likeness (QED) is 0.607. The van der Waals surface area contributed by atoms with Crippen LogP contribution in [0.1, 0.15) is 28.7 Å². The molecule has 0 spiro atoms. The minimum atomic E-state index is -0.472. The van der Waals surface area contributed by atoms with Crippen LogP contribution in [0, 0.1) is 0 Å². The molecule has 0 radical (unpaired) electrons. The molecule has 2 aromatic rings. The molecule has 102 valence electrons. The van der Waals surface area contributed by atoms with Gasteiger partial charge in [0.25, 0.3) is 0 Å². The van der Waals surface area contributed by atoms with Gasteiger partial charge in [0, 0.05) is 6.54 Å². The predicted octanol–water partition coefficient (Wildman–Crippen LogP) is 2.50. The molecule has 0 fully saturated rings. The van der Waals surface area contributed by atoms with Gasteiger partial charge in [-0.2, -0.15) is 11.3 Å². The summed E-state index contributed by atoms with van der Waals surface area (Å²) in [7, 11) is 0. The number of nitrogens with zero attached hydrogens (tertiary/aromatic N) is 3. The number of hydrogen-bond donors (Lipinski definition) is 0. The highest BCUT2D eigenvalue weighted by molar-refractivity contribution is 7.07. The molecule has 5 nitrogen and oxygen atoms in total. The number of aromatic nitrogens is 3. The van der Waals surface area contributed by atoms with Gasteiger partial charge in [-0.15, -0.1) is 16.7 Å². The number of esters is 1. The second kappa shape index (κ2) is 6.68. The van der Waals surface area contributed by atoms with Crippen LogP contribution >= 0.6 is 22.9 Å². The van der Waals surface area contributed by atoms with Crippen LogP contribution in [0.4, 0.5) is 0 Å². The molecule has 0 atom stereocenters. The summed E-state index contributed by atoms with van der Waals surface area (Å²) in [5, 5.41) is 12.0. The molecular weight excluding hydrogens is 286 g/mol. The first-order chi connectivity index (χ1) is 9.26. The fraction of sp³-hybridized carbons (Fsp3) is 0.417. The van der Waals surface area contributed by atoms with Crippen LogP contribution in [-0.4, -0.2) is 27.6 Å². The molecule has 0 bridgehead atoms. The molecule has 0 aliphatic rings. The van der Waals surface area contributed by atoms with Crippen LogP contribution in [0.25, 0.3) is 0 Å². The van der Waals surface area contributed by atoms with Crippen molar-refractivity contribution in [3.05, 3.63) is 33.8 Å². The Bertz CT molecular complexity index is 539. The van der Waals surface area contributed by atoms with Crippen molar-refractivity contribution in [3.63, 3.8) is 0 Å². The normalized spacial score (nSPS) is 10.6. The number of alkyl halides is 1. The second-order valence-electron chi connectivity index (χ2n) is 3.84. The van der Waals surface area contributed by atoms with Crippen LogP contribution in [0.2, 0.25) is 0 Å². The van der Waals surface area contributed by atoms with Gasteiger partial charge in [-0.3, -0.25) is 0 Å². The van der Waals surface area contributed by atoms with E-state index in [0.29, 0.717) is 18.8 Å². The van der Waals surface area contributed by atoms with Crippen LogP contribution in [0.3, 0.4) is 0 Å². The molecule has 0 amide bonds. The third-order valence-electron chi connectivity index (χ3n) is 2.63. The number of carbonyl (C=O) groups is 1. The van der Waals surface area contributed by atoms with E-state index in [1.807, 2.05) is 5.38 Å². The van der Waals surface area contributed by atoms with Crippen molar-refractivity contribution in [2.24, 2.45) is 0 Å². The van der Waals surface area contributed by atoms with Crippen molar-refractivity contribution >= 4 is 28.9 Å². The largest absolute Gasteiger partial charge is 0.461 e. The molecule has 0 N–H and O–H groups in total. The maximum atomic E-state index is 11.7. The Labute approximate surface area is 120 Å². The van der Waals surface area contributed by atoms with Gasteiger partial charge in [0.1, 0.15) is 0 Å². The molecule has 7 heteroatoms. The van der Waals surface area contributed by atoms with Gasteiger partial charge in [0.15, 0.2) is 5.69 Å². The van der Waals surface area contributed by atoms with Crippen LogP contribution < -0.4 is 0 Å². The van der Waals surface area contributed by atoms with Gasteiger partial charge in [0.05, 0.1) is 18.2 Å². The minimum Gasteiger partial charge on any atom is -0.461 e. The van der Waals surface area contributed by atoms with Gasteiger partial charge < -0.3 is 4.74 Å². The van der Waals surface area contributed by atoms with Crippen molar-refractivity contribution in [2.75, 3.05) is 6.61 Å². The van der Waals surface area contributed by atoms with Crippen LogP contribution in [0.5, 0.6) is 0 Å². The maximum Gasteiger partial charge on any atom is 0.360 e. The van der Waals surface area contributed by atoms with E-state index in [1.165, 1.54) is 5.56 Å². The average Bonchev–Trinajstić information content (AvgIpc) is 3.05. The standard InChI is InChI=1S/C12H14ClN3O2S/c1-2-18-12(17)11-10(7-13)16(15-14-11)5-3-9-4-6-19-8-9/h4,6,8H,2-3,5,7H2,1H3. The summed E-state index contributed by atoms with van der Waals surface area (Å²) < 4.78 is 6.59. The van der Waals surface area contributed by atoms with Crippen molar-refractivity contribution in [3.8, 4) is 0 Å². The Balaban J connectivity index is 2.10. The third kappa shape index (κ3) is 3.33. The Hall–Kier alpha value is -1.40. The van der Waals surface area contributed by atoms with Crippen molar-refractivity contribution in [1.29, 1.82) is 0 Å². The first-order valence-electron chi connectivity index (χ1n) is 5.92. The molecule has 0 unspecified atom stereocenters. The number of aryl methyl sites for hydroxylation is 2. The summed E-state index contributed by atoms with van der Waals surface area (Å²) in [5.41, 5.74) is 2.05. The minimum absolute atomic E-state index is 0.185. The zero-order valence-electron chi connectivity index (χ0n) is 10.5. The number of ether oxygens (including phenoxy) is 1. The predicted molar refractivity (Wildman–Crippen MR) is 73.6 cm³/mol. The average molecular weight is 300 g/mol. The Kier molecular flexibility index (Phi) is 4.93. The van der Waals surface area contributed by atoms with Gasteiger partial charge in [0.2, 0.25) is 0 Å². The Morgan fingerprint density at radius 3 is 3.05 bits per heavy atom. The lowest BCUT2D eigenvalue weighted by atomic mass is 10.2. The fourth-order valence-corrected chi connectivity index (χ4v) is 2.64. The smallest absolute Gasteiger partial charge is 0.360 e. The summed E-state index contributed by atoms with van der Waals surface area (Å²) in [6, 6.07) is 2.06. The highest BCUT2D eigenvalue weighted by atomic mass is 35.5. The zero-order valence-corrected chi connectivity index (χ0v) is 12.1. The van der Waals surface area contributed by atoms with E-state index in [9.17, 15) is 4.79 Å². The lowest BCUT2D eigenvalue weighted by molar-refractivity contribution is 0.0518. The maximum absolute atomic E-state index is 11.7. The van der Waals surface area contributed by atoms with Gasteiger partial charge in [-0.1, -0.05) is 5.21 Å². The first-order valence-corrected chi connectivity index (χ1v) is 7.40. The zero-order chi connectivity index (χ0) is 13.7. The van der Waals surface area contributed by atoms with E-state index in [4.69, 9.17) is 16.3 Å². The molecule has 0 aliphatic carbocycles. The molecule has 0 aromatic carbocycles. The molecule has 0 saturated carbocycles. The molecular formula is C12H14ClN3O2S. The van der Waals surface area contributed by atoms with E-state index < -0.39 is 5.97 Å². The summed E-state index contributed by atoms with van der Waals surface area (Å²) in [6.45, 7) is 2.70. The highest BCUT2D eigenvalue weighted by Gasteiger charge is 2.19. The fourth-order valence-electron chi connectivity index (χ4n) is 1.67. The van der Waals surface area contributed by atoms with E-state index in [1.54, 1.807) is 22.9 Å².